The highest BCUT2D eigenvalue weighted by Crippen LogP contribution is 2.29. The van der Waals surface area contributed by atoms with Crippen LogP contribution in [-0.4, -0.2) is 47.4 Å². The van der Waals surface area contributed by atoms with Crippen LogP contribution in [-0.2, 0) is 16.0 Å². The molecule has 23 heavy (non-hydrogen) atoms. The number of anilines is 1. The molecule has 3 heterocycles. The predicted molar refractivity (Wildman–Crippen MR) is 90.4 cm³/mol. The quantitative estimate of drug-likeness (QED) is 0.905. The van der Waals surface area contributed by atoms with Gasteiger partial charge in [0.15, 0.2) is 5.13 Å². The Balaban J connectivity index is 1.62. The van der Waals surface area contributed by atoms with Crippen LogP contribution >= 0.6 is 11.3 Å². The number of carbonyl (C=O) groups is 2. The second kappa shape index (κ2) is 6.20. The Morgan fingerprint density at radius 3 is 2.91 bits per heavy atom. The van der Waals surface area contributed by atoms with E-state index < -0.39 is 0 Å². The molecular weight excluding hydrogens is 312 g/mol. The largest absolute Gasteiger partial charge is 0.342 e. The minimum atomic E-state index is -0.0525. The number of amides is 2. The number of nitrogens with zero attached hydrogens (tertiary/aromatic N) is 3. The summed E-state index contributed by atoms with van der Waals surface area (Å²) in [5, 5.41) is 2.61. The van der Waals surface area contributed by atoms with Gasteiger partial charge in [0, 0.05) is 37.5 Å². The lowest BCUT2D eigenvalue weighted by molar-refractivity contribution is -0.133. The molecule has 1 aromatic heterocycles. The van der Waals surface area contributed by atoms with Gasteiger partial charge < -0.3 is 10.6 Å². The Kier molecular flexibility index (Phi) is 4.42. The Hall–Kier alpha value is -1.47. The van der Waals surface area contributed by atoms with E-state index in [4.69, 9.17) is 5.73 Å². The summed E-state index contributed by atoms with van der Waals surface area (Å²) in [7, 11) is 0. The van der Waals surface area contributed by atoms with Gasteiger partial charge in [-0.25, -0.2) is 4.98 Å². The Morgan fingerprint density at radius 2 is 2.26 bits per heavy atom. The second-order valence-electron chi connectivity index (χ2n) is 7.15. The minimum absolute atomic E-state index is 0.0525. The van der Waals surface area contributed by atoms with E-state index in [1.807, 2.05) is 10.3 Å². The van der Waals surface area contributed by atoms with Crippen LogP contribution in [0, 0.1) is 5.41 Å². The van der Waals surface area contributed by atoms with Crippen molar-refractivity contribution in [3.05, 3.63) is 11.1 Å². The summed E-state index contributed by atoms with van der Waals surface area (Å²) in [5.74, 6) is 0.221. The van der Waals surface area contributed by atoms with Crippen molar-refractivity contribution in [2.45, 2.75) is 45.6 Å². The Morgan fingerprint density at radius 1 is 1.48 bits per heavy atom. The fourth-order valence-electron chi connectivity index (χ4n) is 3.21. The predicted octanol–water partition coefficient (Wildman–Crippen LogP) is 1.40. The first-order valence-corrected chi connectivity index (χ1v) is 9.03. The molecule has 2 aliphatic rings. The summed E-state index contributed by atoms with van der Waals surface area (Å²) in [4.78, 5) is 32.4. The van der Waals surface area contributed by atoms with E-state index in [0.717, 1.165) is 30.2 Å². The standard InChI is InChI=1S/C16H24N4O2S/c1-16(2)10-19(7-5-12(16)17)14(22)8-11-9-23-15(18-11)20-6-3-4-13(20)21/h9,12H,3-8,10,17H2,1-2H3. The first kappa shape index (κ1) is 16.4. The third-order valence-corrected chi connectivity index (χ3v) is 5.75. The smallest absolute Gasteiger partial charge is 0.228 e. The number of nitrogens with two attached hydrogens (primary N) is 1. The van der Waals surface area contributed by atoms with Gasteiger partial charge in [-0.1, -0.05) is 13.8 Å². The molecule has 0 radical (unpaired) electrons. The Bertz CT molecular complexity index is 613. The average molecular weight is 336 g/mol. The lowest BCUT2D eigenvalue weighted by atomic mass is 9.79. The van der Waals surface area contributed by atoms with Crippen molar-refractivity contribution in [2.24, 2.45) is 11.1 Å². The highest BCUT2D eigenvalue weighted by molar-refractivity contribution is 7.14. The molecule has 6 nitrogen and oxygen atoms in total. The molecule has 1 aromatic rings. The van der Waals surface area contributed by atoms with Crippen molar-refractivity contribution in [3.63, 3.8) is 0 Å². The average Bonchev–Trinajstić information content (AvgIpc) is 3.10. The van der Waals surface area contributed by atoms with Crippen molar-refractivity contribution in [2.75, 3.05) is 24.5 Å². The van der Waals surface area contributed by atoms with Gasteiger partial charge in [-0.05, 0) is 18.3 Å². The van der Waals surface area contributed by atoms with E-state index in [1.165, 1.54) is 11.3 Å². The minimum Gasteiger partial charge on any atom is -0.342 e. The number of likely N-dealkylation sites (tertiary alicyclic amines) is 1. The molecule has 2 amide bonds. The maximum absolute atomic E-state index is 12.5. The van der Waals surface area contributed by atoms with Crippen LogP contribution in [0.2, 0.25) is 0 Å². The summed E-state index contributed by atoms with van der Waals surface area (Å²) < 4.78 is 0. The maximum atomic E-state index is 12.5. The number of rotatable bonds is 3. The first-order chi connectivity index (χ1) is 10.9. The summed E-state index contributed by atoms with van der Waals surface area (Å²) in [5.41, 5.74) is 6.83. The van der Waals surface area contributed by atoms with E-state index in [9.17, 15) is 9.59 Å². The number of thiazole rings is 1. The van der Waals surface area contributed by atoms with Crippen molar-refractivity contribution >= 4 is 28.3 Å². The number of carbonyl (C=O) groups excluding carboxylic acids is 2. The van der Waals surface area contributed by atoms with Crippen LogP contribution in [0.15, 0.2) is 5.38 Å². The molecule has 1 atom stereocenters. The van der Waals surface area contributed by atoms with Crippen LogP contribution in [0.3, 0.4) is 0 Å². The van der Waals surface area contributed by atoms with Crippen molar-refractivity contribution in [3.8, 4) is 0 Å². The second-order valence-corrected chi connectivity index (χ2v) is 7.98. The van der Waals surface area contributed by atoms with Gasteiger partial charge in [-0.2, -0.15) is 0 Å². The van der Waals surface area contributed by atoms with Crippen LogP contribution in [0.4, 0.5) is 5.13 Å². The van der Waals surface area contributed by atoms with E-state index in [1.54, 1.807) is 4.90 Å². The van der Waals surface area contributed by atoms with E-state index >= 15 is 0 Å². The molecule has 126 valence electrons. The molecule has 2 aliphatic heterocycles. The third kappa shape index (κ3) is 3.40. The highest BCUT2D eigenvalue weighted by atomic mass is 32.1. The van der Waals surface area contributed by atoms with Crippen LogP contribution in [0.1, 0.15) is 38.8 Å². The number of aromatic nitrogens is 1. The molecule has 2 fully saturated rings. The zero-order valence-electron chi connectivity index (χ0n) is 13.7. The molecule has 0 bridgehead atoms. The van der Waals surface area contributed by atoms with Crippen LogP contribution < -0.4 is 10.6 Å². The Labute approximate surface area is 140 Å². The lowest BCUT2D eigenvalue weighted by Crippen LogP contribution is -2.54. The van der Waals surface area contributed by atoms with Gasteiger partial charge in [0.25, 0.3) is 0 Å². The molecule has 2 N–H and O–H groups in total. The van der Waals surface area contributed by atoms with E-state index in [0.29, 0.717) is 25.9 Å². The topological polar surface area (TPSA) is 79.5 Å². The SMILES string of the molecule is CC1(C)CN(C(=O)Cc2csc(N3CCCC3=O)n2)CCC1N. The molecule has 0 spiro atoms. The molecule has 0 aliphatic carbocycles. The van der Waals surface area contributed by atoms with Crippen molar-refractivity contribution in [1.29, 1.82) is 0 Å². The number of hydrogen-bond donors (Lipinski definition) is 1. The molecule has 1 unspecified atom stereocenters. The van der Waals surface area contributed by atoms with E-state index in [2.05, 4.69) is 18.8 Å². The summed E-state index contributed by atoms with van der Waals surface area (Å²) in [6, 6.07) is 0.138. The third-order valence-electron chi connectivity index (χ3n) is 4.84. The molecule has 7 heteroatoms. The van der Waals surface area contributed by atoms with E-state index in [-0.39, 0.29) is 23.3 Å². The molecule has 0 saturated carbocycles. The first-order valence-electron chi connectivity index (χ1n) is 8.15. The summed E-state index contributed by atoms with van der Waals surface area (Å²) in [6.07, 6.45) is 2.61. The fraction of sp³-hybridized carbons (Fsp3) is 0.688. The molecule has 0 aromatic carbocycles. The number of piperidine rings is 1. The van der Waals surface area contributed by atoms with Gasteiger partial charge in [0.1, 0.15) is 0 Å². The van der Waals surface area contributed by atoms with Crippen molar-refractivity contribution < 1.29 is 9.59 Å². The van der Waals surface area contributed by atoms with Crippen molar-refractivity contribution in [1.82, 2.24) is 9.88 Å². The highest BCUT2D eigenvalue weighted by Gasteiger charge is 2.35. The van der Waals surface area contributed by atoms with Crippen LogP contribution in [0.5, 0.6) is 0 Å². The lowest BCUT2D eigenvalue weighted by Gasteiger charge is -2.42. The van der Waals surface area contributed by atoms with Gasteiger partial charge in [-0.15, -0.1) is 11.3 Å². The monoisotopic (exact) mass is 336 g/mol. The maximum Gasteiger partial charge on any atom is 0.228 e. The van der Waals surface area contributed by atoms with Gasteiger partial charge >= 0.3 is 0 Å². The normalized spacial score (nSPS) is 24.3. The zero-order valence-corrected chi connectivity index (χ0v) is 14.6. The summed E-state index contributed by atoms with van der Waals surface area (Å²) >= 11 is 1.44. The van der Waals surface area contributed by atoms with Gasteiger partial charge in [-0.3, -0.25) is 14.5 Å². The fourth-order valence-corrected chi connectivity index (χ4v) is 4.07. The molecular formula is C16H24N4O2S. The molecule has 3 rings (SSSR count). The molecule has 2 saturated heterocycles. The zero-order chi connectivity index (χ0) is 16.6. The van der Waals surface area contributed by atoms with Crippen LogP contribution in [0.25, 0.3) is 0 Å². The number of hydrogen-bond acceptors (Lipinski definition) is 5. The van der Waals surface area contributed by atoms with Gasteiger partial charge in [0.2, 0.25) is 11.8 Å². The van der Waals surface area contributed by atoms with Gasteiger partial charge in [0.05, 0.1) is 12.1 Å². The summed E-state index contributed by atoms with van der Waals surface area (Å²) in [6.45, 7) is 6.35.